The van der Waals surface area contributed by atoms with Crippen LogP contribution in [0.1, 0.15) is 32.6 Å². The molecule has 174 valence electrons. The van der Waals surface area contributed by atoms with Crippen molar-refractivity contribution in [3.8, 4) is 11.1 Å². The Morgan fingerprint density at radius 3 is 2.09 bits per heavy atom. The van der Waals surface area contributed by atoms with Gasteiger partial charge in [-0.1, -0.05) is 24.3 Å². The fourth-order valence-corrected chi connectivity index (χ4v) is 3.44. The lowest BCUT2D eigenvalue weighted by atomic mass is 9.97. The summed E-state index contributed by atoms with van der Waals surface area (Å²) in [5.41, 5.74) is -0.242. The van der Waals surface area contributed by atoms with Crippen LogP contribution in [0.15, 0.2) is 60.9 Å². The highest BCUT2D eigenvalue weighted by molar-refractivity contribution is 6.00. The van der Waals surface area contributed by atoms with Crippen LogP contribution in [-0.4, -0.2) is 29.4 Å². The minimum Gasteiger partial charge on any atom is -0.341 e. The van der Waals surface area contributed by atoms with Crippen molar-refractivity contribution in [2.24, 2.45) is 0 Å². The number of amides is 1. The molecule has 0 bridgehead atoms. The molecule has 1 aromatic heterocycles. The summed E-state index contributed by atoms with van der Waals surface area (Å²) in [5, 5.41) is 0. The molecule has 1 heterocycles. The zero-order valence-electron chi connectivity index (χ0n) is 17.8. The van der Waals surface area contributed by atoms with Crippen molar-refractivity contribution in [1.29, 1.82) is 0 Å². The van der Waals surface area contributed by atoms with Crippen molar-refractivity contribution in [3.05, 3.63) is 88.7 Å². The van der Waals surface area contributed by atoms with Crippen LogP contribution in [-0.2, 0) is 18.8 Å². The minimum atomic E-state index is -4.92. The molecule has 0 spiro atoms. The average molecular weight is 466 g/mol. The largest absolute Gasteiger partial charge is 0.416 e. The molecule has 0 aliphatic carbocycles. The molecular weight excluding hydrogens is 446 g/mol. The molecule has 3 rings (SSSR count). The lowest BCUT2D eigenvalue weighted by molar-refractivity contribution is -0.143. The lowest BCUT2D eigenvalue weighted by Crippen LogP contribution is -2.29. The normalized spacial score (nSPS) is 12.0. The number of halogens is 6. The molecule has 9 heteroatoms. The number of carbonyl (C=O) groups excluding carboxylic acids is 1. The van der Waals surface area contributed by atoms with E-state index in [2.05, 4.69) is 4.98 Å². The van der Waals surface area contributed by atoms with Gasteiger partial charge in [0.25, 0.3) is 5.91 Å². The first-order valence-corrected chi connectivity index (χ1v) is 9.92. The first-order valence-electron chi connectivity index (χ1n) is 9.92. The number of benzene rings is 2. The van der Waals surface area contributed by atoms with Crippen LogP contribution in [0.2, 0.25) is 0 Å². The van der Waals surface area contributed by atoms with Gasteiger partial charge in [-0.2, -0.15) is 26.3 Å². The van der Waals surface area contributed by atoms with Crippen LogP contribution < -0.4 is 0 Å². The molecule has 0 saturated carbocycles. The van der Waals surface area contributed by atoms with E-state index >= 15 is 0 Å². The molecule has 0 N–H and O–H groups in total. The van der Waals surface area contributed by atoms with E-state index < -0.39 is 29.4 Å². The van der Waals surface area contributed by atoms with Gasteiger partial charge in [0.1, 0.15) is 0 Å². The average Bonchev–Trinajstić information content (AvgIpc) is 2.76. The topological polar surface area (TPSA) is 33.2 Å². The fraction of sp³-hybridized carbons (Fsp3) is 0.250. The minimum absolute atomic E-state index is 0.0838. The predicted octanol–water partition coefficient (Wildman–Crippen LogP) is 6.41. The van der Waals surface area contributed by atoms with Gasteiger partial charge in [-0.3, -0.25) is 9.78 Å². The van der Waals surface area contributed by atoms with Gasteiger partial charge in [0.15, 0.2) is 0 Å². The van der Waals surface area contributed by atoms with E-state index in [1.165, 1.54) is 18.1 Å². The molecule has 0 radical (unpaired) electrons. The third-order valence-electron chi connectivity index (χ3n) is 5.22. The van der Waals surface area contributed by atoms with Gasteiger partial charge in [-0.05, 0) is 59.9 Å². The van der Waals surface area contributed by atoms with Crippen molar-refractivity contribution in [2.75, 3.05) is 13.6 Å². The number of pyridine rings is 1. The van der Waals surface area contributed by atoms with E-state index in [0.29, 0.717) is 17.7 Å². The second kappa shape index (κ2) is 9.25. The zero-order chi connectivity index (χ0) is 24.4. The summed E-state index contributed by atoms with van der Waals surface area (Å²) in [5.74, 6) is -0.440. The van der Waals surface area contributed by atoms with E-state index in [1.807, 2.05) is 31.2 Å². The van der Waals surface area contributed by atoms with E-state index in [9.17, 15) is 31.1 Å². The molecule has 0 unspecified atom stereocenters. The summed E-state index contributed by atoms with van der Waals surface area (Å²) in [4.78, 5) is 18.3. The predicted molar refractivity (Wildman–Crippen MR) is 112 cm³/mol. The van der Waals surface area contributed by atoms with Crippen LogP contribution in [0.5, 0.6) is 0 Å². The number of nitrogens with zero attached hydrogens (tertiary/aromatic N) is 2. The second-order valence-electron chi connectivity index (χ2n) is 7.63. The van der Waals surface area contributed by atoms with E-state index in [1.54, 1.807) is 12.3 Å². The van der Waals surface area contributed by atoms with E-state index in [0.717, 1.165) is 11.1 Å². The number of hydrogen-bond acceptors (Lipinski definition) is 2. The lowest BCUT2D eigenvalue weighted by Gasteiger charge is -2.20. The van der Waals surface area contributed by atoms with E-state index in [-0.39, 0.29) is 30.2 Å². The highest BCUT2D eigenvalue weighted by Crippen LogP contribution is 2.36. The van der Waals surface area contributed by atoms with Crippen molar-refractivity contribution in [3.63, 3.8) is 0 Å². The van der Waals surface area contributed by atoms with Gasteiger partial charge < -0.3 is 4.90 Å². The zero-order valence-corrected chi connectivity index (χ0v) is 17.8. The summed E-state index contributed by atoms with van der Waals surface area (Å²) in [7, 11) is 1.44. The third-order valence-corrected chi connectivity index (χ3v) is 5.22. The third kappa shape index (κ3) is 5.71. The summed E-state index contributed by atoms with van der Waals surface area (Å²) in [6, 6.07) is 10.5. The molecule has 0 aliphatic heterocycles. The molecule has 0 saturated heterocycles. The van der Waals surface area contributed by atoms with Crippen LogP contribution in [0.4, 0.5) is 26.3 Å². The summed E-state index contributed by atoms with van der Waals surface area (Å²) >= 11 is 0. The van der Waals surface area contributed by atoms with Gasteiger partial charge in [0, 0.05) is 26.0 Å². The van der Waals surface area contributed by atoms with Gasteiger partial charge in [-0.25, -0.2) is 0 Å². The smallest absolute Gasteiger partial charge is 0.341 e. The van der Waals surface area contributed by atoms with Gasteiger partial charge in [0.2, 0.25) is 0 Å². The number of aryl methyl sites for hydroxylation is 1. The molecule has 0 fully saturated rings. The Bertz CT molecular complexity index is 1120. The monoisotopic (exact) mass is 466 g/mol. The maximum atomic E-state index is 13.1. The van der Waals surface area contributed by atoms with Crippen molar-refractivity contribution < 1.29 is 31.1 Å². The SMILES string of the molecule is Cc1ccccc1-c1ccncc1C(=O)N(C)CCc1cc(C(F)(F)F)cc(C(F)(F)F)c1. The maximum Gasteiger partial charge on any atom is 0.416 e. The Labute approximate surface area is 186 Å². The van der Waals surface area contributed by atoms with Crippen LogP contribution in [0.25, 0.3) is 11.1 Å². The number of carbonyl (C=O) groups is 1. The molecule has 3 nitrogen and oxygen atoms in total. The number of alkyl halides is 6. The second-order valence-corrected chi connectivity index (χ2v) is 7.63. The van der Waals surface area contributed by atoms with Gasteiger partial charge in [0.05, 0.1) is 16.7 Å². The fourth-order valence-electron chi connectivity index (χ4n) is 3.44. The summed E-state index contributed by atoms with van der Waals surface area (Å²) in [6.45, 7) is 1.80. The highest BCUT2D eigenvalue weighted by Gasteiger charge is 2.36. The Hall–Kier alpha value is -3.36. The van der Waals surface area contributed by atoms with Crippen molar-refractivity contribution >= 4 is 5.91 Å². The van der Waals surface area contributed by atoms with Crippen LogP contribution in [0.3, 0.4) is 0 Å². The Kier molecular flexibility index (Phi) is 6.81. The number of hydrogen-bond donors (Lipinski definition) is 0. The van der Waals surface area contributed by atoms with Crippen LogP contribution >= 0.6 is 0 Å². The van der Waals surface area contributed by atoms with Gasteiger partial charge >= 0.3 is 12.4 Å². The Balaban J connectivity index is 1.85. The van der Waals surface area contributed by atoms with Crippen molar-refractivity contribution in [1.82, 2.24) is 9.88 Å². The first-order chi connectivity index (χ1) is 15.4. The number of aromatic nitrogens is 1. The maximum absolute atomic E-state index is 13.1. The Morgan fingerprint density at radius 2 is 1.52 bits per heavy atom. The first kappa shape index (κ1) is 24.3. The summed E-state index contributed by atoms with van der Waals surface area (Å²) < 4.78 is 78.5. The molecule has 2 aromatic carbocycles. The van der Waals surface area contributed by atoms with Crippen LogP contribution in [0, 0.1) is 6.92 Å². The van der Waals surface area contributed by atoms with Gasteiger partial charge in [-0.15, -0.1) is 0 Å². The number of rotatable bonds is 5. The number of likely N-dealkylation sites (N-methyl/N-ethyl adjacent to an activating group) is 1. The molecular formula is C24H20F6N2O. The standard InChI is InChI=1S/C24H20F6N2O/c1-15-5-3-4-6-19(15)20-7-9-31-14-21(20)22(33)32(2)10-8-16-11-17(23(25,26)27)13-18(12-16)24(28,29)30/h3-7,9,11-14H,8,10H2,1-2H3. The Morgan fingerprint density at radius 1 is 0.909 bits per heavy atom. The quantitative estimate of drug-likeness (QED) is 0.407. The van der Waals surface area contributed by atoms with E-state index in [4.69, 9.17) is 0 Å². The highest BCUT2D eigenvalue weighted by atomic mass is 19.4. The molecule has 1 amide bonds. The molecule has 3 aromatic rings. The molecule has 0 atom stereocenters. The van der Waals surface area contributed by atoms with Crippen molar-refractivity contribution in [2.45, 2.75) is 25.7 Å². The molecule has 33 heavy (non-hydrogen) atoms. The summed E-state index contributed by atoms with van der Waals surface area (Å²) in [6.07, 6.45) is -7.09. The molecule has 0 aliphatic rings.